The monoisotopic (exact) mass is 459 g/mol. The Kier molecular flexibility index (Phi) is 4.86. The summed E-state index contributed by atoms with van der Waals surface area (Å²) in [7, 11) is 0. The van der Waals surface area contributed by atoms with Gasteiger partial charge in [-0.3, -0.25) is 4.79 Å². The molecule has 0 amide bonds. The fraction of sp³-hybridized carbons (Fsp3) is 0.450. The van der Waals surface area contributed by atoms with Crippen molar-refractivity contribution in [2.75, 3.05) is 22.9 Å². The Bertz CT molecular complexity index is 1130. The van der Waals surface area contributed by atoms with Crippen molar-refractivity contribution in [3.8, 4) is 10.7 Å². The van der Waals surface area contributed by atoms with Crippen LogP contribution in [0, 0.1) is 5.92 Å². The highest BCUT2D eigenvalue weighted by atomic mass is 35.5. The number of carbonyl (C=O) groups is 1. The maximum Gasteiger partial charge on any atom is 0.327 e. The maximum atomic E-state index is 10.8. The summed E-state index contributed by atoms with van der Waals surface area (Å²) in [5.74, 6) is -0.155. The molecule has 1 aromatic carbocycles. The van der Waals surface area contributed by atoms with Crippen molar-refractivity contribution in [2.24, 2.45) is 5.92 Å². The number of halogens is 1. The number of tetrazole rings is 1. The van der Waals surface area contributed by atoms with Crippen molar-refractivity contribution in [3.63, 3.8) is 0 Å². The lowest BCUT2D eigenvalue weighted by atomic mass is 9.85. The van der Waals surface area contributed by atoms with E-state index in [1.54, 1.807) is 6.20 Å². The van der Waals surface area contributed by atoms with Gasteiger partial charge in [-0.05, 0) is 35.8 Å². The molecule has 9 nitrogen and oxygen atoms in total. The van der Waals surface area contributed by atoms with Gasteiger partial charge in [0.1, 0.15) is 0 Å². The predicted molar refractivity (Wildman–Crippen MR) is 119 cm³/mol. The lowest BCUT2D eigenvalue weighted by molar-refractivity contribution is -0.138. The lowest BCUT2D eigenvalue weighted by Gasteiger charge is -2.46. The van der Waals surface area contributed by atoms with E-state index in [2.05, 4.69) is 50.1 Å². The summed E-state index contributed by atoms with van der Waals surface area (Å²) < 4.78 is 0. The molecule has 2 atom stereocenters. The molecule has 5 rings (SSSR count). The smallest absolute Gasteiger partial charge is 0.327 e. The van der Waals surface area contributed by atoms with Gasteiger partial charge in [0.15, 0.2) is 11.7 Å². The molecule has 2 aromatic heterocycles. The number of hydrogen-bond donors (Lipinski definition) is 1. The zero-order chi connectivity index (χ0) is 21.8. The van der Waals surface area contributed by atoms with Crippen LogP contribution in [0.2, 0.25) is 5.02 Å². The number of carboxylic acids is 1. The van der Waals surface area contributed by atoms with Crippen molar-refractivity contribution in [3.05, 3.63) is 35.5 Å². The first-order valence-corrected chi connectivity index (χ1v) is 11.3. The number of piperazine rings is 1. The number of hydrogen-bond acceptors (Lipinski definition) is 8. The number of nitrogens with zero attached hydrogens (tertiary/aromatic N) is 7. The molecule has 31 heavy (non-hydrogen) atoms. The number of thiazole rings is 1. The number of anilines is 2. The summed E-state index contributed by atoms with van der Waals surface area (Å²) in [6.45, 7) is 6.04. The number of fused-ring (bicyclic) bond motifs is 2. The average Bonchev–Trinajstić information content (AvgIpc) is 3.49. The first kappa shape index (κ1) is 20.2. The molecule has 11 heteroatoms. The van der Waals surface area contributed by atoms with Crippen LogP contribution in [-0.4, -0.2) is 60.9 Å². The van der Waals surface area contributed by atoms with Crippen LogP contribution in [0.3, 0.4) is 0 Å². The summed E-state index contributed by atoms with van der Waals surface area (Å²) in [5.41, 5.74) is 1.19. The Balaban J connectivity index is 1.39. The number of carboxylic acid groups (broad SMARTS) is 1. The Hall–Kier alpha value is -2.72. The molecule has 2 aliphatic rings. The number of benzene rings is 1. The average molecular weight is 460 g/mol. The number of aliphatic carboxylic acids is 1. The van der Waals surface area contributed by atoms with E-state index in [0.29, 0.717) is 17.8 Å². The van der Waals surface area contributed by atoms with Crippen LogP contribution in [0.5, 0.6) is 0 Å². The van der Waals surface area contributed by atoms with Gasteiger partial charge in [-0.1, -0.05) is 42.9 Å². The van der Waals surface area contributed by atoms with Gasteiger partial charge in [-0.15, -0.1) is 10.2 Å². The van der Waals surface area contributed by atoms with E-state index >= 15 is 0 Å². The number of aromatic nitrogens is 5. The molecule has 2 unspecified atom stereocenters. The Morgan fingerprint density at radius 2 is 2.26 bits per heavy atom. The molecule has 0 aliphatic carbocycles. The van der Waals surface area contributed by atoms with Crippen LogP contribution in [-0.2, 0) is 11.3 Å². The van der Waals surface area contributed by atoms with E-state index in [1.165, 1.54) is 17.0 Å². The van der Waals surface area contributed by atoms with Gasteiger partial charge in [-0.2, -0.15) is 4.80 Å². The first-order chi connectivity index (χ1) is 14.9. The van der Waals surface area contributed by atoms with Gasteiger partial charge in [0.25, 0.3) is 0 Å². The van der Waals surface area contributed by atoms with Crippen molar-refractivity contribution in [2.45, 2.75) is 38.4 Å². The van der Waals surface area contributed by atoms with Crippen LogP contribution in [0.15, 0.2) is 30.5 Å². The first-order valence-electron chi connectivity index (χ1n) is 10.1. The topological polar surface area (TPSA) is 100 Å². The van der Waals surface area contributed by atoms with E-state index in [9.17, 15) is 4.79 Å². The third kappa shape index (κ3) is 3.43. The minimum Gasteiger partial charge on any atom is -0.480 e. The van der Waals surface area contributed by atoms with E-state index in [0.717, 1.165) is 39.3 Å². The predicted octanol–water partition coefficient (Wildman–Crippen LogP) is 3.03. The quantitative estimate of drug-likeness (QED) is 0.600. The normalized spacial score (nSPS) is 22.6. The minimum absolute atomic E-state index is 0.0179. The van der Waals surface area contributed by atoms with Gasteiger partial charge in [-0.25, -0.2) is 4.98 Å². The molecule has 1 N–H and O–H groups in total. The summed E-state index contributed by atoms with van der Waals surface area (Å²) in [5, 5.41) is 22.5. The van der Waals surface area contributed by atoms with Crippen LogP contribution >= 0.6 is 22.9 Å². The molecule has 2 saturated heterocycles. The molecular formula is C20H22ClN7O2S. The zero-order valence-electron chi connectivity index (χ0n) is 17.1. The molecular weight excluding hydrogens is 438 g/mol. The summed E-state index contributed by atoms with van der Waals surface area (Å²) in [6, 6.07) is 8.45. The summed E-state index contributed by atoms with van der Waals surface area (Å²) in [6.07, 6.45) is 2.81. The van der Waals surface area contributed by atoms with Crippen LogP contribution in [0.1, 0.15) is 20.3 Å². The van der Waals surface area contributed by atoms with Gasteiger partial charge in [0.05, 0.1) is 22.7 Å². The van der Waals surface area contributed by atoms with E-state index in [4.69, 9.17) is 16.7 Å². The second-order valence-corrected chi connectivity index (χ2v) is 9.82. The summed E-state index contributed by atoms with van der Waals surface area (Å²) >= 11 is 7.78. The minimum atomic E-state index is -1.01. The van der Waals surface area contributed by atoms with Crippen molar-refractivity contribution >= 4 is 39.7 Å². The van der Waals surface area contributed by atoms with Gasteiger partial charge < -0.3 is 14.9 Å². The summed E-state index contributed by atoms with van der Waals surface area (Å²) in [4.78, 5) is 22.2. The molecule has 2 fully saturated rings. The molecule has 2 aliphatic heterocycles. The fourth-order valence-electron chi connectivity index (χ4n) is 4.75. The van der Waals surface area contributed by atoms with E-state index < -0.39 is 5.97 Å². The largest absolute Gasteiger partial charge is 0.480 e. The van der Waals surface area contributed by atoms with Crippen molar-refractivity contribution in [1.82, 2.24) is 25.2 Å². The van der Waals surface area contributed by atoms with Crippen LogP contribution < -0.4 is 9.80 Å². The van der Waals surface area contributed by atoms with Crippen LogP contribution in [0.4, 0.5) is 10.8 Å². The highest BCUT2D eigenvalue weighted by Crippen LogP contribution is 2.49. The molecule has 0 radical (unpaired) electrons. The third-order valence-electron chi connectivity index (χ3n) is 6.29. The van der Waals surface area contributed by atoms with E-state index in [-0.39, 0.29) is 12.1 Å². The zero-order valence-corrected chi connectivity index (χ0v) is 18.7. The van der Waals surface area contributed by atoms with Gasteiger partial charge in [0.2, 0.25) is 5.82 Å². The molecule has 0 saturated carbocycles. The van der Waals surface area contributed by atoms with Crippen LogP contribution in [0.25, 0.3) is 10.7 Å². The molecule has 4 heterocycles. The Labute approximate surface area is 188 Å². The standard InChI is InChI=1S/C20H22ClN7O2S/c1-12(2)20-7-15(9-27(20)14-5-3-4-13(21)6-14)26(11-20)19-22-8-16(31-19)18-23-25-28(24-18)10-17(29)30/h3-6,8,12,15H,7,9-11H2,1-2H3,(H,29,30). The number of rotatable bonds is 6. The molecule has 162 valence electrons. The van der Waals surface area contributed by atoms with Gasteiger partial charge >= 0.3 is 5.97 Å². The molecule has 0 spiro atoms. The second kappa shape index (κ2) is 7.45. The van der Waals surface area contributed by atoms with Crippen molar-refractivity contribution < 1.29 is 9.90 Å². The SMILES string of the molecule is CC(C)C12CC(CN1c1cccc(Cl)c1)N(c1ncc(-c3nnn(CC(=O)O)n3)s1)C2. The van der Waals surface area contributed by atoms with Gasteiger partial charge in [0, 0.05) is 23.8 Å². The fourth-order valence-corrected chi connectivity index (χ4v) is 5.85. The molecule has 2 bridgehead atoms. The highest BCUT2D eigenvalue weighted by Gasteiger charge is 2.56. The lowest BCUT2D eigenvalue weighted by Crippen LogP contribution is -2.57. The second-order valence-electron chi connectivity index (χ2n) is 8.38. The maximum absolute atomic E-state index is 10.8. The van der Waals surface area contributed by atoms with Crippen molar-refractivity contribution in [1.29, 1.82) is 0 Å². The third-order valence-corrected chi connectivity index (χ3v) is 7.55. The highest BCUT2D eigenvalue weighted by molar-refractivity contribution is 7.18. The Morgan fingerprint density at radius 1 is 1.42 bits per heavy atom. The molecule has 3 aromatic rings. The van der Waals surface area contributed by atoms with E-state index in [1.807, 2.05) is 18.2 Å². The Morgan fingerprint density at radius 3 is 3.00 bits per heavy atom.